The van der Waals surface area contributed by atoms with E-state index in [-0.39, 0.29) is 6.04 Å². The lowest BCUT2D eigenvalue weighted by atomic mass is 9.97. The van der Waals surface area contributed by atoms with Gasteiger partial charge in [0.1, 0.15) is 33.7 Å². The average molecular weight is 570 g/mol. The van der Waals surface area contributed by atoms with Gasteiger partial charge in [0.25, 0.3) is 0 Å². The van der Waals surface area contributed by atoms with Crippen LogP contribution >= 0.6 is 11.3 Å². The number of hydrogen-bond acceptors (Lipinski definition) is 4. The highest BCUT2D eigenvalue weighted by atomic mass is 32.1. The molecule has 0 aliphatic carbocycles. The molecule has 1 N–H and O–H groups in total. The van der Waals surface area contributed by atoms with E-state index in [1.54, 1.807) is 11.3 Å². The molecule has 0 radical (unpaired) electrons. The molecule has 0 spiro atoms. The number of aliphatic imine (C=N–C) groups is 1. The highest BCUT2D eigenvalue weighted by molar-refractivity contribution is 7.23. The van der Waals surface area contributed by atoms with Crippen LogP contribution in [0.3, 0.4) is 0 Å². The molecule has 3 aromatic heterocycles. The van der Waals surface area contributed by atoms with Crippen molar-refractivity contribution < 1.29 is 4.42 Å². The molecule has 43 heavy (non-hydrogen) atoms. The van der Waals surface area contributed by atoms with Crippen LogP contribution in [0.1, 0.15) is 11.6 Å². The molecule has 1 aliphatic heterocycles. The fourth-order valence-corrected chi connectivity index (χ4v) is 8.03. The standard InChI is InChI=1S/C38H23N3OS/c1-2-11-23-21-30-28(20-22(23)10-1)24-12-3-6-16-29(24)41(30)37-35(40-38-36(39-37)26-14-5-8-19-33(26)43-38)27-15-9-18-32-34(27)25-13-4-7-17-31(25)42-32/h1-21,35,40H. The Morgan fingerprint density at radius 3 is 2.26 bits per heavy atom. The van der Waals surface area contributed by atoms with Crippen molar-refractivity contribution in [3.63, 3.8) is 0 Å². The largest absolute Gasteiger partial charge is 0.456 e. The van der Waals surface area contributed by atoms with Gasteiger partial charge >= 0.3 is 0 Å². The summed E-state index contributed by atoms with van der Waals surface area (Å²) < 4.78 is 9.95. The van der Waals surface area contributed by atoms with Gasteiger partial charge in [-0.1, -0.05) is 91.0 Å². The number of fused-ring (bicyclic) bond motifs is 10. The summed E-state index contributed by atoms with van der Waals surface area (Å²) in [5.41, 5.74) is 6.22. The fraction of sp³-hybridized carbons (Fsp3) is 0.0263. The maximum Gasteiger partial charge on any atom is 0.141 e. The lowest BCUT2D eigenvalue weighted by molar-refractivity contribution is 0.668. The molecule has 6 aromatic carbocycles. The number of thiophene rings is 1. The fourth-order valence-electron chi connectivity index (χ4n) is 6.96. The Bertz CT molecular complexity index is 2620. The quantitative estimate of drug-likeness (QED) is 0.214. The van der Waals surface area contributed by atoms with Gasteiger partial charge in [0.05, 0.1) is 11.0 Å². The van der Waals surface area contributed by atoms with Crippen LogP contribution in [-0.4, -0.2) is 10.4 Å². The zero-order chi connectivity index (χ0) is 28.1. The van der Waals surface area contributed by atoms with Crippen molar-refractivity contribution in [3.05, 3.63) is 133 Å². The topological polar surface area (TPSA) is 42.5 Å². The summed E-state index contributed by atoms with van der Waals surface area (Å²) in [6, 6.07) is 45.0. The summed E-state index contributed by atoms with van der Waals surface area (Å²) in [5.74, 6) is 0.954. The van der Waals surface area contributed by atoms with E-state index in [4.69, 9.17) is 9.41 Å². The van der Waals surface area contributed by atoms with E-state index in [0.717, 1.165) is 55.1 Å². The van der Waals surface area contributed by atoms with Gasteiger partial charge in [0, 0.05) is 31.6 Å². The third-order valence-electron chi connectivity index (χ3n) is 8.84. The molecule has 1 atom stereocenters. The van der Waals surface area contributed by atoms with Crippen LogP contribution in [0.5, 0.6) is 0 Å². The van der Waals surface area contributed by atoms with E-state index in [9.17, 15) is 0 Å². The lowest BCUT2D eigenvalue weighted by Gasteiger charge is -2.28. The van der Waals surface area contributed by atoms with Gasteiger partial charge in [-0.15, -0.1) is 11.3 Å². The molecule has 0 saturated heterocycles. The molecule has 0 amide bonds. The molecule has 9 aromatic rings. The second-order valence-electron chi connectivity index (χ2n) is 11.2. The Morgan fingerprint density at radius 2 is 1.35 bits per heavy atom. The number of para-hydroxylation sites is 2. The van der Waals surface area contributed by atoms with Crippen LogP contribution in [-0.2, 0) is 0 Å². The Kier molecular flexibility index (Phi) is 4.62. The summed E-state index contributed by atoms with van der Waals surface area (Å²) in [6.07, 6.45) is 0. The van der Waals surface area contributed by atoms with Crippen LogP contribution in [0.2, 0.25) is 0 Å². The van der Waals surface area contributed by atoms with Crippen LogP contribution in [0.15, 0.2) is 137 Å². The molecule has 4 heterocycles. The molecular formula is C38H23N3OS. The summed E-state index contributed by atoms with van der Waals surface area (Å²) in [4.78, 5) is 5.58. The third kappa shape index (κ3) is 3.23. The number of aromatic nitrogens is 1. The summed E-state index contributed by atoms with van der Waals surface area (Å²) >= 11 is 1.77. The molecule has 0 bridgehead atoms. The van der Waals surface area contributed by atoms with Crippen LogP contribution < -0.4 is 5.32 Å². The van der Waals surface area contributed by atoms with Crippen molar-refractivity contribution in [2.45, 2.75) is 6.04 Å². The zero-order valence-electron chi connectivity index (χ0n) is 22.9. The Labute approximate surface area is 250 Å². The first-order chi connectivity index (χ1) is 21.3. The number of nitrogens with one attached hydrogen (secondary N) is 1. The maximum atomic E-state index is 6.34. The molecule has 1 aliphatic rings. The monoisotopic (exact) mass is 569 g/mol. The number of rotatable bonds is 1. The number of hydrogen-bond donors (Lipinski definition) is 1. The lowest BCUT2D eigenvalue weighted by Crippen LogP contribution is -2.29. The highest BCUT2D eigenvalue weighted by Crippen LogP contribution is 2.49. The summed E-state index contributed by atoms with van der Waals surface area (Å²) in [5, 5.41) is 13.4. The van der Waals surface area contributed by atoms with E-state index >= 15 is 0 Å². The normalized spacial score (nSPS) is 15.1. The van der Waals surface area contributed by atoms with Crippen LogP contribution in [0.25, 0.3) is 64.6 Å². The number of anilines is 1. The molecule has 0 saturated carbocycles. The molecule has 10 rings (SSSR count). The van der Waals surface area contributed by atoms with Gasteiger partial charge in [0.2, 0.25) is 0 Å². The smallest absolute Gasteiger partial charge is 0.141 e. The van der Waals surface area contributed by atoms with Gasteiger partial charge in [-0.25, -0.2) is 4.99 Å². The second kappa shape index (κ2) is 8.57. The Balaban J connectivity index is 1.34. The first-order valence-corrected chi connectivity index (χ1v) is 15.3. The van der Waals surface area contributed by atoms with Crippen molar-refractivity contribution in [2.24, 2.45) is 4.99 Å². The van der Waals surface area contributed by atoms with Crippen LogP contribution in [0.4, 0.5) is 10.7 Å². The second-order valence-corrected chi connectivity index (χ2v) is 12.3. The summed E-state index contributed by atoms with van der Waals surface area (Å²) in [6.45, 7) is 0. The molecule has 5 heteroatoms. The predicted octanol–water partition coefficient (Wildman–Crippen LogP) is 10.8. The number of nitrogens with zero attached hydrogens (tertiary/aromatic N) is 2. The highest BCUT2D eigenvalue weighted by Gasteiger charge is 2.32. The first kappa shape index (κ1) is 23.2. The van der Waals surface area contributed by atoms with E-state index in [1.807, 2.05) is 12.1 Å². The van der Waals surface area contributed by atoms with Crippen molar-refractivity contribution in [3.8, 4) is 0 Å². The minimum absolute atomic E-state index is 0.212. The summed E-state index contributed by atoms with van der Waals surface area (Å²) in [7, 11) is 0. The van der Waals surface area contributed by atoms with Gasteiger partial charge in [-0.2, -0.15) is 0 Å². The van der Waals surface area contributed by atoms with Crippen molar-refractivity contribution in [1.82, 2.24) is 4.57 Å². The molecule has 0 fully saturated rings. The maximum absolute atomic E-state index is 6.34. The molecule has 202 valence electrons. The molecule has 1 unspecified atom stereocenters. The SMILES string of the molecule is c1ccc2cc3c(cc2c1)c1ccccc1n3C1=Nc2c(sc3ccccc23)NC1c1cccc2oc3ccccc3c12. The van der Waals surface area contributed by atoms with Gasteiger partial charge < -0.3 is 9.73 Å². The molecule has 4 nitrogen and oxygen atoms in total. The average Bonchev–Trinajstić information content (AvgIpc) is 3.72. The van der Waals surface area contributed by atoms with Crippen molar-refractivity contribution in [1.29, 1.82) is 0 Å². The first-order valence-electron chi connectivity index (χ1n) is 14.5. The molecular weight excluding hydrogens is 547 g/mol. The minimum atomic E-state index is -0.212. The van der Waals surface area contributed by atoms with Gasteiger partial charge in [-0.05, 0) is 52.7 Å². The van der Waals surface area contributed by atoms with Gasteiger partial charge in [-0.3, -0.25) is 4.57 Å². The van der Waals surface area contributed by atoms with E-state index < -0.39 is 0 Å². The predicted molar refractivity (Wildman–Crippen MR) is 181 cm³/mol. The van der Waals surface area contributed by atoms with Crippen LogP contribution in [0, 0.1) is 0 Å². The minimum Gasteiger partial charge on any atom is -0.456 e. The number of benzene rings is 6. The van der Waals surface area contributed by atoms with E-state index in [1.165, 1.54) is 31.6 Å². The Morgan fingerprint density at radius 1 is 0.628 bits per heavy atom. The third-order valence-corrected chi connectivity index (χ3v) is 9.94. The van der Waals surface area contributed by atoms with Crippen molar-refractivity contribution in [2.75, 3.05) is 5.32 Å². The van der Waals surface area contributed by atoms with E-state index in [0.29, 0.717) is 0 Å². The number of furan rings is 1. The zero-order valence-corrected chi connectivity index (χ0v) is 23.7. The van der Waals surface area contributed by atoms with E-state index in [2.05, 4.69) is 125 Å². The Hall–Kier alpha value is -5.39. The van der Waals surface area contributed by atoms with Crippen molar-refractivity contribution >= 4 is 92.5 Å². The van der Waals surface area contributed by atoms with Gasteiger partial charge in [0.15, 0.2) is 0 Å².